The second-order valence-corrected chi connectivity index (χ2v) is 4.36. The Morgan fingerprint density at radius 1 is 1.54 bits per heavy atom. The average Bonchev–Trinajstić information content (AvgIpc) is 2.86. The van der Waals surface area contributed by atoms with Crippen molar-refractivity contribution in [2.75, 3.05) is 13.2 Å². The van der Waals surface area contributed by atoms with Crippen LogP contribution in [-0.4, -0.2) is 24.3 Å². The number of rotatable bonds is 3. The number of aliphatic carboxylic acids is 1. The summed E-state index contributed by atoms with van der Waals surface area (Å²) in [7, 11) is 0. The van der Waals surface area contributed by atoms with Crippen LogP contribution in [0, 0.1) is 11.3 Å². The van der Waals surface area contributed by atoms with Crippen LogP contribution in [0.5, 0.6) is 0 Å². The Labute approximate surface area is 78.1 Å². The molecule has 1 N–H and O–H groups in total. The molecule has 13 heavy (non-hydrogen) atoms. The van der Waals surface area contributed by atoms with Crippen LogP contribution in [0.25, 0.3) is 0 Å². The zero-order valence-corrected chi connectivity index (χ0v) is 7.79. The van der Waals surface area contributed by atoms with Gasteiger partial charge in [-0.15, -0.1) is 0 Å². The molecule has 1 unspecified atom stereocenters. The van der Waals surface area contributed by atoms with Gasteiger partial charge in [-0.1, -0.05) is 0 Å². The van der Waals surface area contributed by atoms with Gasteiger partial charge in [-0.05, 0) is 31.6 Å². The summed E-state index contributed by atoms with van der Waals surface area (Å²) in [6.45, 7) is 1.48. The van der Waals surface area contributed by atoms with Crippen LogP contribution < -0.4 is 0 Å². The van der Waals surface area contributed by atoms with Crippen LogP contribution in [0.3, 0.4) is 0 Å². The highest BCUT2D eigenvalue weighted by Crippen LogP contribution is 2.51. The molecule has 0 aromatic carbocycles. The van der Waals surface area contributed by atoms with Crippen molar-refractivity contribution >= 4 is 5.97 Å². The lowest BCUT2D eigenvalue weighted by atomic mass is 9.75. The molecular formula is C10H16O3. The van der Waals surface area contributed by atoms with Gasteiger partial charge in [-0.2, -0.15) is 0 Å². The maximum Gasteiger partial charge on any atom is 0.304 e. The molecule has 3 heteroatoms. The second kappa shape index (κ2) is 3.29. The third-order valence-electron chi connectivity index (χ3n) is 3.30. The van der Waals surface area contributed by atoms with Crippen LogP contribution >= 0.6 is 0 Å². The summed E-state index contributed by atoms with van der Waals surface area (Å²) >= 11 is 0. The molecule has 0 aromatic heterocycles. The van der Waals surface area contributed by atoms with E-state index in [1.807, 2.05) is 0 Å². The van der Waals surface area contributed by atoms with Gasteiger partial charge >= 0.3 is 5.97 Å². The van der Waals surface area contributed by atoms with Gasteiger partial charge in [0.15, 0.2) is 0 Å². The molecule has 1 aliphatic carbocycles. The van der Waals surface area contributed by atoms with E-state index >= 15 is 0 Å². The van der Waals surface area contributed by atoms with Crippen LogP contribution in [0.1, 0.15) is 32.1 Å². The molecule has 74 valence electrons. The van der Waals surface area contributed by atoms with Crippen molar-refractivity contribution < 1.29 is 14.6 Å². The Morgan fingerprint density at radius 3 is 2.77 bits per heavy atom. The standard InChI is InChI=1S/C10H16O3/c11-9(12)6-10(8-2-3-8)4-1-5-13-7-10/h8H,1-7H2,(H,11,12). The van der Waals surface area contributed by atoms with E-state index in [9.17, 15) is 4.79 Å². The van der Waals surface area contributed by atoms with E-state index in [1.165, 1.54) is 12.8 Å². The fourth-order valence-electron chi connectivity index (χ4n) is 2.48. The first-order chi connectivity index (χ1) is 6.23. The first-order valence-corrected chi connectivity index (χ1v) is 5.02. The van der Waals surface area contributed by atoms with E-state index in [0.717, 1.165) is 19.4 Å². The zero-order valence-electron chi connectivity index (χ0n) is 7.79. The van der Waals surface area contributed by atoms with Crippen molar-refractivity contribution in [1.29, 1.82) is 0 Å². The highest BCUT2D eigenvalue weighted by Gasteiger charge is 2.47. The third kappa shape index (κ3) is 1.85. The highest BCUT2D eigenvalue weighted by atomic mass is 16.5. The SMILES string of the molecule is O=C(O)CC1(C2CC2)CCCOC1. The summed E-state index contributed by atoms with van der Waals surface area (Å²) in [5.74, 6) is -0.0405. The molecule has 1 atom stereocenters. The quantitative estimate of drug-likeness (QED) is 0.725. The maximum atomic E-state index is 10.7. The summed E-state index contributed by atoms with van der Waals surface area (Å²) in [4.78, 5) is 10.7. The summed E-state index contributed by atoms with van der Waals surface area (Å²) in [5, 5.41) is 8.85. The van der Waals surface area contributed by atoms with Gasteiger partial charge in [-0.25, -0.2) is 0 Å². The van der Waals surface area contributed by atoms with Crippen LogP contribution in [0.2, 0.25) is 0 Å². The van der Waals surface area contributed by atoms with Gasteiger partial charge in [0.05, 0.1) is 13.0 Å². The van der Waals surface area contributed by atoms with Crippen LogP contribution in [0.4, 0.5) is 0 Å². The Bertz CT molecular complexity index is 202. The molecule has 1 aliphatic heterocycles. The Morgan fingerprint density at radius 2 is 2.31 bits per heavy atom. The number of ether oxygens (including phenoxy) is 1. The molecule has 2 rings (SSSR count). The maximum absolute atomic E-state index is 10.7. The molecule has 0 aromatic rings. The predicted octanol–water partition coefficient (Wildman–Crippen LogP) is 1.67. The molecule has 0 bridgehead atoms. The van der Waals surface area contributed by atoms with Crippen molar-refractivity contribution in [3.8, 4) is 0 Å². The first kappa shape index (κ1) is 9.00. The summed E-state index contributed by atoms with van der Waals surface area (Å²) < 4.78 is 5.42. The topological polar surface area (TPSA) is 46.5 Å². The van der Waals surface area contributed by atoms with Crippen molar-refractivity contribution in [2.45, 2.75) is 32.1 Å². The Hall–Kier alpha value is -0.570. The van der Waals surface area contributed by atoms with E-state index in [4.69, 9.17) is 9.84 Å². The molecule has 0 amide bonds. The third-order valence-corrected chi connectivity index (χ3v) is 3.30. The van der Waals surface area contributed by atoms with E-state index in [1.54, 1.807) is 0 Å². The molecule has 2 aliphatic rings. The molecule has 1 saturated heterocycles. The van der Waals surface area contributed by atoms with E-state index in [-0.39, 0.29) is 5.41 Å². The van der Waals surface area contributed by atoms with Crippen LogP contribution in [-0.2, 0) is 9.53 Å². The number of hydrogen-bond acceptors (Lipinski definition) is 2. The van der Waals surface area contributed by atoms with Gasteiger partial charge < -0.3 is 9.84 Å². The molecule has 3 nitrogen and oxygen atoms in total. The normalized spacial score (nSPS) is 34.5. The largest absolute Gasteiger partial charge is 0.481 e. The molecular weight excluding hydrogens is 168 g/mol. The monoisotopic (exact) mass is 184 g/mol. The minimum atomic E-state index is -0.669. The molecule has 0 radical (unpaired) electrons. The van der Waals surface area contributed by atoms with E-state index in [0.29, 0.717) is 18.9 Å². The fourth-order valence-corrected chi connectivity index (χ4v) is 2.48. The van der Waals surface area contributed by atoms with Gasteiger partial charge in [-0.3, -0.25) is 4.79 Å². The fraction of sp³-hybridized carbons (Fsp3) is 0.900. The summed E-state index contributed by atoms with van der Waals surface area (Å²) in [6.07, 6.45) is 4.79. The number of carboxylic acid groups (broad SMARTS) is 1. The molecule has 1 heterocycles. The van der Waals surface area contributed by atoms with Crippen molar-refractivity contribution in [2.24, 2.45) is 11.3 Å². The van der Waals surface area contributed by atoms with Crippen molar-refractivity contribution in [3.63, 3.8) is 0 Å². The molecule has 0 spiro atoms. The van der Waals surface area contributed by atoms with Gasteiger partial charge in [0.25, 0.3) is 0 Å². The lowest BCUT2D eigenvalue weighted by Crippen LogP contribution is -2.36. The summed E-state index contributed by atoms with van der Waals surface area (Å²) in [6, 6.07) is 0. The molecule has 1 saturated carbocycles. The van der Waals surface area contributed by atoms with Gasteiger partial charge in [0.2, 0.25) is 0 Å². The zero-order chi connectivity index (χ0) is 9.31. The predicted molar refractivity (Wildman–Crippen MR) is 47.5 cm³/mol. The Balaban J connectivity index is 2.04. The number of carboxylic acids is 1. The number of carbonyl (C=O) groups is 1. The minimum absolute atomic E-state index is 0.00984. The van der Waals surface area contributed by atoms with E-state index < -0.39 is 5.97 Å². The van der Waals surface area contributed by atoms with Gasteiger partial charge in [0, 0.05) is 12.0 Å². The van der Waals surface area contributed by atoms with E-state index in [2.05, 4.69) is 0 Å². The second-order valence-electron chi connectivity index (χ2n) is 4.36. The lowest BCUT2D eigenvalue weighted by Gasteiger charge is -2.36. The Kier molecular flexibility index (Phi) is 2.28. The molecule has 2 fully saturated rings. The smallest absolute Gasteiger partial charge is 0.304 e. The number of hydrogen-bond donors (Lipinski definition) is 1. The summed E-state index contributed by atoms with van der Waals surface area (Å²) in [5.41, 5.74) is -0.00984. The van der Waals surface area contributed by atoms with Gasteiger partial charge in [0.1, 0.15) is 0 Å². The van der Waals surface area contributed by atoms with Crippen molar-refractivity contribution in [1.82, 2.24) is 0 Å². The lowest BCUT2D eigenvalue weighted by molar-refractivity contribution is -0.143. The van der Waals surface area contributed by atoms with Crippen LogP contribution in [0.15, 0.2) is 0 Å². The van der Waals surface area contributed by atoms with Crippen molar-refractivity contribution in [3.05, 3.63) is 0 Å². The minimum Gasteiger partial charge on any atom is -0.481 e. The average molecular weight is 184 g/mol. The first-order valence-electron chi connectivity index (χ1n) is 5.02. The highest BCUT2D eigenvalue weighted by molar-refractivity contribution is 5.68.